The van der Waals surface area contributed by atoms with Gasteiger partial charge in [0.1, 0.15) is 24.6 Å². The van der Waals surface area contributed by atoms with E-state index in [1.54, 1.807) is 11.0 Å². The first-order chi connectivity index (χ1) is 15.9. The highest BCUT2D eigenvalue weighted by Crippen LogP contribution is 2.42. The number of halogens is 2. The van der Waals surface area contributed by atoms with E-state index in [1.807, 2.05) is 0 Å². The molecule has 0 N–H and O–H groups in total. The van der Waals surface area contributed by atoms with Crippen molar-refractivity contribution in [3.05, 3.63) is 47.4 Å². The minimum atomic E-state index is -0.793. The molecule has 1 spiro atoms. The number of likely N-dealkylation sites (tertiary alicyclic amines) is 2. The zero-order chi connectivity index (χ0) is 23.0. The predicted octanol–water partition coefficient (Wildman–Crippen LogP) is 1.63. The molecule has 174 valence electrons. The van der Waals surface area contributed by atoms with E-state index in [2.05, 4.69) is 20.4 Å². The van der Waals surface area contributed by atoms with Crippen molar-refractivity contribution in [2.24, 2.45) is 5.41 Å². The molecule has 3 aliphatic heterocycles. The summed E-state index contributed by atoms with van der Waals surface area (Å²) in [5, 5.41) is 10.5. The summed E-state index contributed by atoms with van der Waals surface area (Å²) in [7, 11) is 0. The molecule has 9 nitrogen and oxygen atoms in total. The number of hydrogen-bond donors (Lipinski definition) is 0. The van der Waals surface area contributed by atoms with Crippen LogP contribution in [0, 0.1) is 17.0 Å². The van der Waals surface area contributed by atoms with Crippen LogP contribution in [0.2, 0.25) is 0 Å². The second-order valence-corrected chi connectivity index (χ2v) is 8.93. The molecule has 11 heteroatoms. The van der Waals surface area contributed by atoms with Crippen molar-refractivity contribution < 1.29 is 23.1 Å². The fourth-order valence-electron chi connectivity index (χ4n) is 4.98. The van der Waals surface area contributed by atoms with E-state index >= 15 is 0 Å². The summed E-state index contributed by atoms with van der Waals surface area (Å²) in [6, 6.07) is 2.25. The van der Waals surface area contributed by atoms with Crippen LogP contribution in [0.15, 0.2) is 30.2 Å². The molecule has 1 amide bonds. The number of benzene rings is 1. The zero-order valence-corrected chi connectivity index (χ0v) is 18.0. The van der Waals surface area contributed by atoms with Gasteiger partial charge in [0, 0.05) is 50.0 Å². The quantitative estimate of drug-likeness (QED) is 0.643. The van der Waals surface area contributed by atoms with Crippen LogP contribution in [-0.4, -0.2) is 74.7 Å². The van der Waals surface area contributed by atoms with Crippen molar-refractivity contribution in [1.29, 1.82) is 0 Å². The molecule has 0 aliphatic carbocycles. The number of carbonyl (C=O) groups excluding carboxylic acids is 2. The molecule has 0 atom stereocenters. The first kappa shape index (κ1) is 21.5. The Morgan fingerprint density at radius 1 is 1.06 bits per heavy atom. The standard InChI is InChI=1S/C22H24F2N6O3/c23-18-9-15(30-14-25-26-27-30)10-19(24)17(18)12-20(31)29-7-3-22(4-8-29)1-5-28(6-2-22)16-11-21(32)33-13-16/h9-11,14H,1-8,12-13H2. The summed E-state index contributed by atoms with van der Waals surface area (Å²) in [5.74, 6) is -2.14. The zero-order valence-electron chi connectivity index (χ0n) is 18.0. The summed E-state index contributed by atoms with van der Waals surface area (Å²) >= 11 is 0. The van der Waals surface area contributed by atoms with E-state index in [9.17, 15) is 18.4 Å². The number of hydrogen-bond acceptors (Lipinski definition) is 7. The van der Waals surface area contributed by atoms with Crippen LogP contribution in [0.4, 0.5) is 8.78 Å². The van der Waals surface area contributed by atoms with Crippen molar-refractivity contribution in [3.63, 3.8) is 0 Å². The highest BCUT2D eigenvalue weighted by atomic mass is 19.1. The average Bonchev–Trinajstić information content (AvgIpc) is 3.49. The summed E-state index contributed by atoms with van der Waals surface area (Å²) in [6.45, 7) is 3.23. The van der Waals surface area contributed by atoms with Gasteiger partial charge in [0.15, 0.2) is 0 Å². The highest BCUT2D eigenvalue weighted by Gasteiger charge is 2.39. The molecule has 4 heterocycles. The van der Waals surface area contributed by atoms with E-state index in [1.165, 1.54) is 6.33 Å². The van der Waals surface area contributed by atoms with Crippen molar-refractivity contribution in [2.75, 3.05) is 32.8 Å². The predicted molar refractivity (Wildman–Crippen MR) is 111 cm³/mol. The molecule has 33 heavy (non-hydrogen) atoms. The van der Waals surface area contributed by atoms with Gasteiger partial charge in [-0.25, -0.2) is 18.3 Å². The number of cyclic esters (lactones) is 1. The van der Waals surface area contributed by atoms with E-state index in [0.717, 1.165) is 61.3 Å². The number of rotatable bonds is 4. The highest BCUT2D eigenvalue weighted by molar-refractivity contribution is 5.85. The fourth-order valence-corrected chi connectivity index (χ4v) is 4.98. The molecule has 1 aromatic heterocycles. The monoisotopic (exact) mass is 458 g/mol. The topological polar surface area (TPSA) is 93.5 Å². The Labute approximate surface area is 189 Å². The van der Waals surface area contributed by atoms with E-state index < -0.39 is 11.6 Å². The molecule has 0 unspecified atom stereocenters. The van der Waals surface area contributed by atoms with Gasteiger partial charge in [0.05, 0.1) is 17.8 Å². The summed E-state index contributed by atoms with van der Waals surface area (Å²) in [4.78, 5) is 28.0. The summed E-state index contributed by atoms with van der Waals surface area (Å²) in [6.07, 6.45) is 6.19. The third-order valence-corrected chi connectivity index (χ3v) is 7.12. The second kappa shape index (κ2) is 8.53. The third-order valence-electron chi connectivity index (χ3n) is 7.12. The molecular weight excluding hydrogens is 434 g/mol. The fraction of sp³-hybridized carbons (Fsp3) is 0.500. The Morgan fingerprint density at radius 2 is 1.73 bits per heavy atom. The maximum Gasteiger partial charge on any atom is 0.333 e. The van der Waals surface area contributed by atoms with Crippen LogP contribution < -0.4 is 0 Å². The van der Waals surface area contributed by atoms with Gasteiger partial charge in [-0.15, -0.1) is 5.10 Å². The number of carbonyl (C=O) groups is 2. The minimum absolute atomic E-state index is 0.154. The van der Waals surface area contributed by atoms with Crippen LogP contribution >= 0.6 is 0 Å². The third kappa shape index (κ3) is 4.31. The van der Waals surface area contributed by atoms with Crippen molar-refractivity contribution in [2.45, 2.75) is 32.1 Å². The maximum atomic E-state index is 14.6. The van der Waals surface area contributed by atoms with E-state index in [-0.39, 0.29) is 35.0 Å². The number of ether oxygens (including phenoxy) is 1. The Hall–Kier alpha value is -3.37. The summed E-state index contributed by atoms with van der Waals surface area (Å²) in [5.41, 5.74) is 1.02. The molecule has 2 fully saturated rings. The number of piperidine rings is 2. The number of aromatic nitrogens is 4. The van der Waals surface area contributed by atoms with Crippen LogP contribution in [0.1, 0.15) is 31.2 Å². The molecule has 3 aliphatic rings. The van der Waals surface area contributed by atoms with Gasteiger partial charge in [-0.05, 0) is 41.5 Å². The van der Waals surface area contributed by atoms with Gasteiger partial charge in [0.25, 0.3) is 0 Å². The Kier molecular flexibility index (Phi) is 5.55. The normalized spacial score (nSPS) is 20.2. The lowest BCUT2D eigenvalue weighted by Gasteiger charge is -2.47. The molecule has 1 aromatic carbocycles. The Morgan fingerprint density at radius 3 is 2.30 bits per heavy atom. The molecule has 2 saturated heterocycles. The van der Waals surface area contributed by atoms with Gasteiger partial charge >= 0.3 is 5.97 Å². The van der Waals surface area contributed by atoms with E-state index in [0.29, 0.717) is 19.7 Å². The SMILES string of the molecule is O=C1C=C(N2CCC3(CCN(C(=O)Cc4c(F)cc(-n5cnnn5)cc4F)CC3)CC2)CO1. The number of esters is 1. The number of amides is 1. The van der Waals surface area contributed by atoms with Gasteiger partial charge < -0.3 is 14.5 Å². The van der Waals surface area contributed by atoms with Crippen molar-refractivity contribution in [1.82, 2.24) is 30.0 Å². The lowest BCUT2D eigenvalue weighted by molar-refractivity contribution is -0.135. The van der Waals surface area contributed by atoms with Crippen LogP contribution in [0.5, 0.6) is 0 Å². The molecule has 5 rings (SSSR count). The van der Waals surface area contributed by atoms with Crippen LogP contribution in [0.25, 0.3) is 5.69 Å². The van der Waals surface area contributed by atoms with Gasteiger partial charge in [0.2, 0.25) is 5.91 Å². The lowest BCUT2D eigenvalue weighted by Crippen LogP contribution is -2.48. The number of nitrogens with zero attached hydrogens (tertiary/aromatic N) is 6. The Balaban J connectivity index is 1.17. The molecule has 0 radical (unpaired) electrons. The van der Waals surface area contributed by atoms with Crippen molar-refractivity contribution in [3.8, 4) is 5.69 Å². The molecule has 0 bridgehead atoms. The van der Waals surface area contributed by atoms with Crippen LogP contribution in [-0.2, 0) is 20.7 Å². The molecule has 0 saturated carbocycles. The maximum absolute atomic E-state index is 14.6. The first-order valence-electron chi connectivity index (χ1n) is 11.0. The Bertz CT molecular complexity index is 1060. The molecular formula is C22H24F2N6O3. The first-order valence-corrected chi connectivity index (χ1v) is 11.0. The van der Waals surface area contributed by atoms with Crippen molar-refractivity contribution >= 4 is 11.9 Å². The van der Waals surface area contributed by atoms with Gasteiger partial charge in [-0.1, -0.05) is 0 Å². The van der Waals surface area contributed by atoms with Gasteiger partial charge in [-0.2, -0.15) is 0 Å². The molecule has 2 aromatic rings. The largest absolute Gasteiger partial charge is 0.456 e. The van der Waals surface area contributed by atoms with E-state index in [4.69, 9.17) is 4.74 Å². The van der Waals surface area contributed by atoms with Gasteiger partial charge in [-0.3, -0.25) is 4.79 Å². The summed E-state index contributed by atoms with van der Waals surface area (Å²) < 4.78 is 35.3. The second-order valence-electron chi connectivity index (χ2n) is 8.93. The minimum Gasteiger partial charge on any atom is -0.456 e. The van der Waals surface area contributed by atoms with Crippen LogP contribution in [0.3, 0.4) is 0 Å². The number of tetrazole rings is 1. The average molecular weight is 458 g/mol. The lowest BCUT2D eigenvalue weighted by atomic mass is 9.71. The smallest absolute Gasteiger partial charge is 0.333 e.